The summed E-state index contributed by atoms with van der Waals surface area (Å²) in [4.78, 5) is 34.3. The Hall–Kier alpha value is -2.67. The number of nitrogens with two attached hydrogens (primary N) is 1. The van der Waals surface area contributed by atoms with Crippen LogP contribution in [0.15, 0.2) is 46.9 Å². The molecule has 1 atom stereocenters. The third kappa shape index (κ3) is 4.42. The number of halogens is 1. The Labute approximate surface area is 147 Å². The van der Waals surface area contributed by atoms with Gasteiger partial charge in [0.25, 0.3) is 5.91 Å². The van der Waals surface area contributed by atoms with Crippen LogP contribution in [-0.2, 0) is 4.79 Å². The Morgan fingerprint density at radius 2 is 1.88 bits per heavy atom. The van der Waals surface area contributed by atoms with E-state index >= 15 is 0 Å². The van der Waals surface area contributed by atoms with E-state index < -0.39 is 12.0 Å². The van der Waals surface area contributed by atoms with Crippen molar-refractivity contribution in [2.45, 2.75) is 13.0 Å². The van der Waals surface area contributed by atoms with Gasteiger partial charge in [0.05, 0.1) is 5.56 Å². The highest BCUT2D eigenvalue weighted by molar-refractivity contribution is 9.10. The zero-order chi connectivity index (χ0) is 17.7. The lowest BCUT2D eigenvalue weighted by atomic mass is 10.2. The number of anilines is 1. The molecule has 3 N–H and O–H groups in total. The van der Waals surface area contributed by atoms with Crippen LogP contribution in [0.25, 0.3) is 0 Å². The normalized spacial score (nSPS) is 11.4. The minimum Gasteiger partial charge on any atom is -0.480 e. The average molecular weight is 391 g/mol. The number of aldehydes is 1. The summed E-state index contributed by atoms with van der Waals surface area (Å²) in [5, 5.41) is 2.66. The first kappa shape index (κ1) is 17.7. The van der Waals surface area contributed by atoms with Gasteiger partial charge in [-0.15, -0.1) is 0 Å². The molecule has 0 aliphatic carbocycles. The fourth-order valence-corrected chi connectivity index (χ4v) is 2.30. The van der Waals surface area contributed by atoms with Crippen LogP contribution in [0, 0.1) is 0 Å². The number of carbonyl (C=O) groups excluding carboxylic acids is 3. The summed E-state index contributed by atoms with van der Waals surface area (Å²) in [7, 11) is 0. The minimum absolute atomic E-state index is 0.319. The molecule has 0 saturated carbocycles. The van der Waals surface area contributed by atoms with E-state index in [2.05, 4.69) is 21.2 Å². The molecule has 124 valence electrons. The summed E-state index contributed by atoms with van der Waals surface area (Å²) in [5.41, 5.74) is 6.36. The lowest BCUT2D eigenvalue weighted by Crippen LogP contribution is -2.30. The summed E-state index contributed by atoms with van der Waals surface area (Å²) < 4.78 is 6.29. The van der Waals surface area contributed by atoms with Gasteiger partial charge in [-0.1, -0.05) is 15.9 Å². The molecule has 2 aromatic rings. The van der Waals surface area contributed by atoms with Gasteiger partial charge >= 0.3 is 0 Å². The van der Waals surface area contributed by atoms with Crippen molar-refractivity contribution in [1.29, 1.82) is 0 Å². The number of amides is 2. The second-order valence-electron chi connectivity index (χ2n) is 4.99. The van der Waals surface area contributed by atoms with Crippen LogP contribution in [0.1, 0.15) is 27.6 Å². The van der Waals surface area contributed by atoms with Crippen molar-refractivity contribution in [2.24, 2.45) is 5.73 Å². The van der Waals surface area contributed by atoms with Crippen LogP contribution < -0.4 is 15.8 Å². The first-order chi connectivity index (χ1) is 11.4. The first-order valence-electron chi connectivity index (χ1n) is 7.03. The monoisotopic (exact) mass is 390 g/mol. The molecule has 0 unspecified atom stereocenters. The largest absolute Gasteiger partial charge is 0.480 e. The van der Waals surface area contributed by atoms with Gasteiger partial charge in [0.1, 0.15) is 5.75 Å². The van der Waals surface area contributed by atoms with Gasteiger partial charge in [0, 0.05) is 15.7 Å². The van der Waals surface area contributed by atoms with E-state index in [1.165, 1.54) is 12.1 Å². The molecular weight excluding hydrogens is 376 g/mol. The smallest absolute Gasteiger partial charge is 0.265 e. The van der Waals surface area contributed by atoms with Crippen LogP contribution in [0.5, 0.6) is 5.75 Å². The van der Waals surface area contributed by atoms with Crippen LogP contribution >= 0.6 is 15.9 Å². The zero-order valence-corrected chi connectivity index (χ0v) is 14.4. The number of hydrogen-bond acceptors (Lipinski definition) is 4. The standard InChI is InChI=1S/C17H15BrN2O4/c1-10(24-15-7-4-13(18)8-12(15)9-21)17(23)20-14-5-2-11(3-6-14)16(19)22/h2-10H,1H3,(H2,19,22)(H,20,23)/t10-/m0/s1. The van der Waals surface area contributed by atoms with Crippen LogP contribution in [0.4, 0.5) is 5.69 Å². The zero-order valence-electron chi connectivity index (χ0n) is 12.8. The fraction of sp³-hybridized carbons (Fsp3) is 0.118. The second kappa shape index (κ2) is 7.74. The molecule has 0 fully saturated rings. The predicted molar refractivity (Wildman–Crippen MR) is 93.2 cm³/mol. The van der Waals surface area contributed by atoms with Crippen molar-refractivity contribution < 1.29 is 19.1 Å². The molecule has 2 amide bonds. The summed E-state index contributed by atoms with van der Waals surface area (Å²) in [6.07, 6.45) is -0.159. The molecule has 2 aromatic carbocycles. The number of benzene rings is 2. The van der Waals surface area contributed by atoms with Gasteiger partial charge in [-0.05, 0) is 49.4 Å². The third-order valence-corrected chi connectivity index (χ3v) is 3.70. The number of rotatable bonds is 6. The Morgan fingerprint density at radius 3 is 2.46 bits per heavy atom. The Morgan fingerprint density at radius 1 is 1.21 bits per heavy atom. The highest BCUT2D eigenvalue weighted by Crippen LogP contribution is 2.23. The Bertz CT molecular complexity index is 775. The maximum atomic E-state index is 12.2. The topological polar surface area (TPSA) is 98.5 Å². The van der Waals surface area contributed by atoms with E-state index in [9.17, 15) is 14.4 Å². The average Bonchev–Trinajstić information content (AvgIpc) is 2.56. The number of ether oxygens (including phenoxy) is 1. The molecule has 6 nitrogen and oxygen atoms in total. The van der Waals surface area contributed by atoms with Crippen molar-refractivity contribution in [3.8, 4) is 5.75 Å². The van der Waals surface area contributed by atoms with Gasteiger partial charge in [-0.3, -0.25) is 14.4 Å². The molecule has 0 saturated heterocycles. The van der Waals surface area contributed by atoms with Crippen molar-refractivity contribution in [1.82, 2.24) is 0 Å². The lowest BCUT2D eigenvalue weighted by molar-refractivity contribution is -0.122. The van der Waals surface area contributed by atoms with E-state index in [0.29, 0.717) is 28.8 Å². The number of nitrogens with one attached hydrogen (secondary N) is 1. The highest BCUT2D eigenvalue weighted by Gasteiger charge is 2.17. The van der Waals surface area contributed by atoms with E-state index in [1.807, 2.05) is 0 Å². The molecule has 0 aromatic heterocycles. The number of hydrogen-bond donors (Lipinski definition) is 2. The summed E-state index contributed by atoms with van der Waals surface area (Å²) >= 11 is 3.27. The van der Waals surface area contributed by atoms with E-state index in [0.717, 1.165) is 4.47 Å². The van der Waals surface area contributed by atoms with Gasteiger partial charge in [0.15, 0.2) is 12.4 Å². The Kier molecular flexibility index (Phi) is 5.70. The SMILES string of the molecule is C[C@H](Oc1ccc(Br)cc1C=O)C(=O)Nc1ccc(C(N)=O)cc1. The van der Waals surface area contributed by atoms with Gasteiger partial charge in [-0.25, -0.2) is 0 Å². The van der Waals surface area contributed by atoms with Crippen molar-refractivity contribution in [3.63, 3.8) is 0 Å². The lowest BCUT2D eigenvalue weighted by Gasteiger charge is -2.16. The van der Waals surface area contributed by atoms with E-state index in [-0.39, 0.29) is 5.91 Å². The van der Waals surface area contributed by atoms with Crippen molar-refractivity contribution in [2.75, 3.05) is 5.32 Å². The van der Waals surface area contributed by atoms with Crippen molar-refractivity contribution in [3.05, 3.63) is 58.1 Å². The van der Waals surface area contributed by atoms with Gasteiger partial charge in [0.2, 0.25) is 5.91 Å². The molecule has 2 rings (SSSR count). The maximum Gasteiger partial charge on any atom is 0.265 e. The highest BCUT2D eigenvalue weighted by atomic mass is 79.9. The van der Waals surface area contributed by atoms with Crippen LogP contribution in [0.2, 0.25) is 0 Å². The molecule has 7 heteroatoms. The molecule has 0 bridgehead atoms. The third-order valence-electron chi connectivity index (χ3n) is 3.21. The molecular formula is C17H15BrN2O4. The molecule has 0 spiro atoms. The van der Waals surface area contributed by atoms with Gasteiger partial charge < -0.3 is 15.8 Å². The van der Waals surface area contributed by atoms with E-state index in [4.69, 9.17) is 10.5 Å². The predicted octanol–water partition coefficient (Wildman–Crippen LogP) is 2.77. The van der Waals surface area contributed by atoms with Crippen LogP contribution in [-0.4, -0.2) is 24.2 Å². The Balaban J connectivity index is 2.04. The fourth-order valence-electron chi connectivity index (χ4n) is 1.92. The van der Waals surface area contributed by atoms with Crippen molar-refractivity contribution >= 4 is 39.7 Å². The number of primary amides is 1. The molecule has 0 heterocycles. The second-order valence-corrected chi connectivity index (χ2v) is 5.91. The summed E-state index contributed by atoms with van der Waals surface area (Å²) in [5.74, 6) is -0.609. The summed E-state index contributed by atoms with van der Waals surface area (Å²) in [6.45, 7) is 1.57. The molecule has 0 aliphatic rings. The minimum atomic E-state index is -0.819. The van der Waals surface area contributed by atoms with E-state index in [1.54, 1.807) is 37.3 Å². The number of carbonyl (C=O) groups is 3. The summed E-state index contributed by atoms with van der Waals surface area (Å²) in [6, 6.07) is 11.1. The molecule has 24 heavy (non-hydrogen) atoms. The quantitative estimate of drug-likeness (QED) is 0.740. The van der Waals surface area contributed by atoms with Gasteiger partial charge in [-0.2, -0.15) is 0 Å². The molecule has 0 radical (unpaired) electrons. The maximum absolute atomic E-state index is 12.2. The molecule has 0 aliphatic heterocycles. The van der Waals surface area contributed by atoms with Crippen LogP contribution in [0.3, 0.4) is 0 Å². The first-order valence-corrected chi connectivity index (χ1v) is 7.82.